The van der Waals surface area contributed by atoms with Gasteiger partial charge in [0.2, 0.25) is 5.88 Å². The van der Waals surface area contributed by atoms with Crippen molar-refractivity contribution in [3.8, 4) is 11.6 Å². The molecule has 0 N–H and O–H groups in total. The van der Waals surface area contributed by atoms with Crippen molar-refractivity contribution in [3.05, 3.63) is 46.9 Å². The number of nitrogens with zero attached hydrogens (tertiary/aromatic N) is 2. The van der Waals surface area contributed by atoms with Gasteiger partial charge in [-0.25, -0.2) is 4.98 Å². The first-order valence-corrected chi connectivity index (χ1v) is 6.33. The molecule has 0 aliphatic rings. The molecule has 0 bridgehead atoms. The van der Waals surface area contributed by atoms with E-state index in [0.29, 0.717) is 16.9 Å². The second kappa shape index (κ2) is 5.83. The fourth-order valence-corrected chi connectivity index (χ4v) is 1.75. The minimum absolute atomic E-state index is 0.413. The summed E-state index contributed by atoms with van der Waals surface area (Å²) in [5.41, 5.74) is 1.19. The van der Waals surface area contributed by atoms with Crippen LogP contribution in [0.4, 0.5) is 0 Å². The van der Waals surface area contributed by atoms with Gasteiger partial charge in [0, 0.05) is 12.5 Å². The number of benzene rings is 1. The number of ether oxygens (including phenoxy) is 1. The van der Waals surface area contributed by atoms with Crippen LogP contribution < -0.4 is 4.74 Å². The minimum Gasteiger partial charge on any atom is -0.439 e. The van der Waals surface area contributed by atoms with Crippen molar-refractivity contribution in [2.45, 2.75) is 26.7 Å². The normalized spacial score (nSPS) is 10.4. The largest absolute Gasteiger partial charge is 0.439 e. The highest BCUT2D eigenvalue weighted by molar-refractivity contribution is 6.29. The molecule has 94 valence electrons. The fourth-order valence-electron chi connectivity index (χ4n) is 1.56. The van der Waals surface area contributed by atoms with Crippen LogP contribution in [0.3, 0.4) is 0 Å². The van der Waals surface area contributed by atoms with Crippen LogP contribution in [0.5, 0.6) is 11.6 Å². The molecule has 2 rings (SSSR count). The van der Waals surface area contributed by atoms with Crippen molar-refractivity contribution in [3.63, 3.8) is 0 Å². The second-order valence-corrected chi connectivity index (χ2v) is 4.50. The number of rotatable bonds is 4. The summed E-state index contributed by atoms with van der Waals surface area (Å²) in [7, 11) is 0. The van der Waals surface area contributed by atoms with Gasteiger partial charge in [-0.1, -0.05) is 36.2 Å². The predicted octanol–water partition coefficient (Wildman–Crippen LogP) is 4.18. The Morgan fingerprint density at radius 2 is 1.89 bits per heavy atom. The molecular formula is C14H15ClN2O. The molecule has 0 fully saturated rings. The lowest BCUT2D eigenvalue weighted by atomic mass is 10.2. The molecule has 0 amide bonds. The first-order chi connectivity index (χ1) is 8.67. The fraction of sp³-hybridized carbons (Fsp3) is 0.286. The average molecular weight is 263 g/mol. The summed E-state index contributed by atoms with van der Waals surface area (Å²) in [6, 6.07) is 9.42. The predicted molar refractivity (Wildman–Crippen MR) is 72.3 cm³/mol. The van der Waals surface area contributed by atoms with Crippen molar-refractivity contribution in [2.24, 2.45) is 0 Å². The molecule has 0 saturated heterocycles. The molecule has 3 nitrogen and oxygen atoms in total. The van der Waals surface area contributed by atoms with Gasteiger partial charge in [-0.3, -0.25) is 0 Å². The van der Waals surface area contributed by atoms with Crippen LogP contribution in [0.2, 0.25) is 5.15 Å². The molecular weight excluding hydrogens is 248 g/mol. The smallest absolute Gasteiger partial charge is 0.224 e. The molecule has 0 atom stereocenters. The Morgan fingerprint density at radius 3 is 2.56 bits per heavy atom. The number of halogens is 1. The lowest BCUT2D eigenvalue weighted by Crippen LogP contribution is -1.97. The van der Waals surface area contributed by atoms with Crippen LogP contribution in [0.25, 0.3) is 0 Å². The van der Waals surface area contributed by atoms with Crippen LogP contribution in [-0.4, -0.2) is 9.97 Å². The third-order valence-corrected chi connectivity index (χ3v) is 2.63. The maximum absolute atomic E-state index is 5.95. The third kappa shape index (κ3) is 3.44. The van der Waals surface area contributed by atoms with Gasteiger partial charge in [0.25, 0.3) is 0 Å². The average Bonchev–Trinajstić information content (AvgIpc) is 2.32. The van der Waals surface area contributed by atoms with Gasteiger partial charge >= 0.3 is 0 Å². The Labute approximate surface area is 112 Å². The monoisotopic (exact) mass is 262 g/mol. The second-order valence-electron chi connectivity index (χ2n) is 4.11. The standard InChI is InChI=1S/C14H15ClN2O/c1-3-4-13-16-12(15)9-14(17-13)18-11-7-5-10(2)6-8-11/h5-9H,3-4H2,1-2H3. The van der Waals surface area contributed by atoms with E-state index in [0.717, 1.165) is 18.6 Å². The maximum atomic E-state index is 5.95. The van der Waals surface area contributed by atoms with Crippen molar-refractivity contribution in [1.82, 2.24) is 9.97 Å². The minimum atomic E-state index is 0.413. The molecule has 0 radical (unpaired) electrons. The van der Waals surface area contributed by atoms with Gasteiger partial charge < -0.3 is 4.74 Å². The highest BCUT2D eigenvalue weighted by atomic mass is 35.5. The summed E-state index contributed by atoms with van der Waals surface area (Å²) < 4.78 is 5.67. The molecule has 0 aliphatic carbocycles. The topological polar surface area (TPSA) is 35.0 Å². The molecule has 0 saturated carbocycles. The van der Waals surface area contributed by atoms with Crippen LogP contribution in [0, 0.1) is 6.92 Å². The SMILES string of the molecule is CCCc1nc(Cl)cc(Oc2ccc(C)cc2)n1. The van der Waals surface area contributed by atoms with Crippen LogP contribution in [0.15, 0.2) is 30.3 Å². The zero-order chi connectivity index (χ0) is 13.0. The summed E-state index contributed by atoms with van der Waals surface area (Å²) >= 11 is 5.95. The van der Waals surface area contributed by atoms with E-state index in [4.69, 9.17) is 16.3 Å². The Kier molecular flexibility index (Phi) is 4.15. The lowest BCUT2D eigenvalue weighted by Gasteiger charge is -2.06. The molecule has 4 heteroatoms. The van der Waals surface area contributed by atoms with E-state index >= 15 is 0 Å². The Morgan fingerprint density at radius 1 is 1.17 bits per heavy atom. The van der Waals surface area contributed by atoms with E-state index in [9.17, 15) is 0 Å². The molecule has 0 unspecified atom stereocenters. The van der Waals surface area contributed by atoms with Crippen LogP contribution in [-0.2, 0) is 6.42 Å². The summed E-state index contributed by atoms with van der Waals surface area (Å²) in [4.78, 5) is 8.48. The molecule has 1 aromatic carbocycles. The first kappa shape index (κ1) is 12.8. The van der Waals surface area contributed by atoms with E-state index in [1.54, 1.807) is 6.07 Å². The Hall–Kier alpha value is -1.61. The van der Waals surface area contributed by atoms with E-state index in [1.807, 2.05) is 31.2 Å². The summed E-state index contributed by atoms with van der Waals surface area (Å²) in [5, 5.41) is 0.413. The molecule has 1 heterocycles. The van der Waals surface area contributed by atoms with Crippen molar-refractivity contribution in [2.75, 3.05) is 0 Å². The van der Waals surface area contributed by atoms with E-state index < -0.39 is 0 Å². The Bertz CT molecular complexity index is 526. The van der Waals surface area contributed by atoms with Gasteiger partial charge in [0.15, 0.2) is 0 Å². The summed E-state index contributed by atoms with van der Waals surface area (Å²) in [6.45, 7) is 4.11. The highest BCUT2D eigenvalue weighted by Crippen LogP contribution is 2.22. The summed E-state index contributed by atoms with van der Waals surface area (Å²) in [5.74, 6) is 1.95. The number of aromatic nitrogens is 2. The highest BCUT2D eigenvalue weighted by Gasteiger charge is 2.05. The van der Waals surface area contributed by atoms with Crippen LogP contribution in [0.1, 0.15) is 24.7 Å². The molecule has 0 spiro atoms. The third-order valence-electron chi connectivity index (χ3n) is 2.43. The van der Waals surface area contributed by atoms with E-state index in [-0.39, 0.29) is 0 Å². The van der Waals surface area contributed by atoms with Crippen LogP contribution >= 0.6 is 11.6 Å². The van der Waals surface area contributed by atoms with Gasteiger partial charge in [0.1, 0.15) is 16.7 Å². The van der Waals surface area contributed by atoms with Gasteiger partial charge in [0.05, 0.1) is 0 Å². The number of hydrogen-bond acceptors (Lipinski definition) is 3. The van der Waals surface area contributed by atoms with Crippen molar-refractivity contribution >= 4 is 11.6 Å². The molecule has 0 aliphatic heterocycles. The molecule has 1 aromatic heterocycles. The van der Waals surface area contributed by atoms with Crippen molar-refractivity contribution < 1.29 is 4.74 Å². The lowest BCUT2D eigenvalue weighted by molar-refractivity contribution is 0.458. The first-order valence-electron chi connectivity index (χ1n) is 5.95. The van der Waals surface area contributed by atoms with Crippen molar-refractivity contribution in [1.29, 1.82) is 0 Å². The van der Waals surface area contributed by atoms with E-state index in [1.165, 1.54) is 5.56 Å². The van der Waals surface area contributed by atoms with Gasteiger partial charge in [-0.2, -0.15) is 4.98 Å². The maximum Gasteiger partial charge on any atom is 0.224 e. The van der Waals surface area contributed by atoms with Gasteiger partial charge in [-0.05, 0) is 25.5 Å². The number of hydrogen-bond donors (Lipinski definition) is 0. The molecule has 18 heavy (non-hydrogen) atoms. The zero-order valence-electron chi connectivity index (χ0n) is 10.5. The number of aryl methyl sites for hydroxylation is 2. The zero-order valence-corrected chi connectivity index (χ0v) is 11.2. The quantitative estimate of drug-likeness (QED) is 0.775. The van der Waals surface area contributed by atoms with Gasteiger partial charge in [-0.15, -0.1) is 0 Å². The molecule has 2 aromatic rings. The Balaban J connectivity index is 2.20. The van der Waals surface area contributed by atoms with E-state index in [2.05, 4.69) is 16.9 Å². The summed E-state index contributed by atoms with van der Waals surface area (Å²) in [6.07, 6.45) is 1.77.